The molecule has 0 radical (unpaired) electrons. The predicted octanol–water partition coefficient (Wildman–Crippen LogP) is 3.05. The van der Waals surface area contributed by atoms with E-state index in [9.17, 15) is 33.9 Å². The number of pyridine rings is 1. The minimum atomic E-state index is -1.33. The Hall–Kier alpha value is -3.92. The Morgan fingerprint density at radius 1 is 0.745 bits per heavy atom. The molecule has 1 heterocycles. The molecule has 6 atom stereocenters. The summed E-state index contributed by atoms with van der Waals surface area (Å²) >= 11 is 1.49. The van der Waals surface area contributed by atoms with Crippen molar-refractivity contribution < 1.29 is 38.6 Å². The van der Waals surface area contributed by atoms with E-state index in [2.05, 4.69) is 36.9 Å². The van der Waals surface area contributed by atoms with Gasteiger partial charge in [0, 0.05) is 18.9 Å². The molecule has 0 unspecified atom stereocenters. The number of carbonyl (C=O) groups is 6. The third kappa shape index (κ3) is 19.0. The number of carbonyl (C=O) groups excluding carboxylic acids is 6. The highest BCUT2D eigenvalue weighted by molar-refractivity contribution is 7.98. The van der Waals surface area contributed by atoms with Crippen molar-refractivity contribution >= 4 is 47.4 Å². The molecule has 312 valence electrons. The summed E-state index contributed by atoms with van der Waals surface area (Å²) in [5.41, 5.74) is 0.0762. The third-order valence-electron chi connectivity index (χ3n) is 8.51. The van der Waals surface area contributed by atoms with E-state index in [1.807, 2.05) is 20.1 Å². The highest BCUT2D eigenvalue weighted by atomic mass is 32.2. The van der Waals surface area contributed by atoms with Crippen molar-refractivity contribution in [3.05, 3.63) is 30.1 Å². The molecule has 6 amide bonds. The van der Waals surface area contributed by atoms with Crippen LogP contribution in [-0.2, 0) is 35.3 Å². The number of ether oxygens (including phenoxy) is 1. The zero-order valence-corrected chi connectivity index (χ0v) is 35.6. The van der Waals surface area contributed by atoms with Crippen LogP contribution in [0.3, 0.4) is 0 Å². The van der Waals surface area contributed by atoms with Gasteiger partial charge >= 0.3 is 6.09 Å². The molecule has 55 heavy (non-hydrogen) atoms. The molecule has 0 fully saturated rings. The summed E-state index contributed by atoms with van der Waals surface area (Å²) in [6.45, 7) is 19.9. The van der Waals surface area contributed by atoms with Gasteiger partial charge in [-0.05, 0) is 87.0 Å². The van der Waals surface area contributed by atoms with Gasteiger partial charge in [0.25, 0.3) is 0 Å². The number of hydrogen-bond donors (Lipinski definition) is 7. The summed E-state index contributed by atoms with van der Waals surface area (Å²) in [5, 5.41) is 27.9. The number of amides is 6. The smallest absolute Gasteiger partial charge is 0.408 e. The number of thioether (sulfide) groups is 1. The van der Waals surface area contributed by atoms with Gasteiger partial charge in [0.2, 0.25) is 29.5 Å². The van der Waals surface area contributed by atoms with Crippen molar-refractivity contribution in [3.63, 3.8) is 0 Å². The average Bonchev–Trinajstić information content (AvgIpc) is 3.07. The fourth-order valence-electron chi connectivity index (χ4n) is 5.52. The van der Waals surface area contributed by atoms with Crippen molar-refractivity contribution in [3.8, 4) is 0 Å². The van der Waals surface area contributed by atoms with Gasteiger partial charge in [0.1, 0.15) is 29.8 Å². The molecule has 7 N–H and O–H groups in total. The van der Waals surface area contributed by atoms with Crippen LogP contribution in [0.25, 0.3) is 0 Å². The number of nitrogens with zero attached hydrogens (tertiary/aromatic N) is 1. The van der Waals surface area contributed by atoms with E-state index in [1.54, 1.807) is 86.8 Å². The topological polar surface area (TPSA) is 217 Å². The lowest BCUT2D eigenvalue weighted by Gasteiger charge is -2.30. The molecule has 1 aromatic heterocycles. The monoisotopic (exact) mass is 793 g/mol. The molecule has 0 spiro atoms. The molecular weight excluding hydrogens is 727 g/mol. The maximum absolute atomic E-state index is 13.7. The van der Waals surface area contributed by atoms with Crippen LogP contribution in [0, 0.1) is 23.7 Å². The SMILES string of the molecule is CSCC[C@H](NC(=O)[C@@H](NC(=O)OC(C)(C)C)C(C)C)C(=O)N[C@@H](CC(C)C)[C@@H](O)CC(=O)N[C@H](C(=O)N[C@H](C(=O)NCc1ccncc1)C(C)C)C(C)C. The van der Waals surface area contributed by atoms with Gasteiger partial charge in [-0.25, -0.2) is 4.79 Å². The Balaban J connectivity index is 3.06. The van der Waals surface area contributed by atoms with E-state index in [1.165, 1.54) is 11.8 Å². The first-order valence-electron chi connectivity index (χ1n) is 19.1. The first-order valence-corrected chi connectivity index (χ1v) is 20.5. The number of nitrogens with one attached hydrogen (secondary N) is 6. The fourth-order valence-corrected chi connectivity index (χ4v) is 5.99. The summed E-state index contributed by atoms with van der Waals surface area (Å²) in [4.78, 5) is 83.5. The lowest BCUT2D eigenvalue weighted by atomic mass is 9.95. The second kappa shape index (κ2) is 23.9. The van der Waals surface area contributed by atoms with Crippen molar-refractivity contribution in [1.82, 2.24) is 36.9 Å². The van der Waals surface area contributed by atoms with Crippen LogP contribution in [0.2, 0.25) is 0 Å². The molecule has 15 nitrogen and oxygen atoms in total. The van der Waals surface area contributed by atoms with Crippen LogP contribution >= 0.6 is 11.8 Å². The van der Waals surface area contributed by atoms with E-state index in [0.29, 0.717) is 12.2 Å². The average molecular weight is 794 g/mol. The van der Waals surface area contributed by atoms with E-state index in [4.69, 9.17) is 4.74 Å². The molecule has 0 aliphatic carbocycles. The Morgan fingerprint density at radius 2 is 1.27 bits per heavy atom. The summed E-state index contributed by atoms with van der Waals surface area (Å²) in [7, 11) is 0. The summed E-state index contributed by atoms with van der Waals surface area (Å²) in [6.07, 6.45) is 3.18. The summed E-state index contributed by atoms with van der Waals surface area (Å²) in [6, 6.07) is -1.18. The molecule has 1 rings (SSSR count). The van der Waals surface area contributed by atoms with Crippen LogP contribution in [-0.4, -0.2) is 99.6 Å². The first-order chi connectivity index (χ1) is 25.6. The lowest BCUT2D eigenvalue weighted by molar-refractivity contribution is -0.134. The Bertz CT molecular complexity index is 1390. The highest BCUT2D eigenvalue weighted by Gasteiger charge is 2.34. The largest absolute Gasteiger partial charge is 0.444 e. The minimum Gasteiger partial charge on any atom is -0.444 e. The molecule has 1 aromatic rings. The molecule has 0 aromatic carbocycles. The number of aromatic nitrogens is 1. The quantitative estimate of drug-likeness (QED) is 0.0911. The minimum absolute atomic E-state index is 0.0115. The van der Waals surface area contributed by atoms with Crippen molar-refractivity contribution in [1.29, 1.82) is 0 Å². The molecule has 0 saturated heterocycles. The Labute approximate surface area is 331 Å². The normalized spacial score (nSPS) is 15.0. The van der Waals surface area contributed by atoms with Crippen molar-refractivity contribution in [2.24, 2.45) is 23.7 Å². The fraction of sp³-hybridized carbons (Fsp3) is 0.718. The van der Waals surface area contributed by atoms with Gasteiger partial charge in [-0.3, -0.25) is 29.0 Å². The molecule has 0 saturated carbocycles. The van der Waals surface area contributed by atoms with Gasteiger partial charge in [-0.1, -0.05) is 55.4 Å². The standard InChI is InChI=1S/C39H67N7O8S/c1-22(2)19-28(43-34(49)27(15-18-55-12)42-36(51)33(25(7)8)46-38(53)54-39(9,10)11)29(47)20-30(48)44-32(24(5)6)37(52)45-31(23(3)4)35(50)41-21-26-13-16-40-17-14-26/h13-14,16-17,22-25,27-29,31-33,47H,15,18-21H2,1-12H3,(H,41,50)(H,42,51)(H,43,49)(H,44,48)(H,45,52)(H,46,53)/t27-,28-,29-,31-,32-,33-/m0/s1. The van der Waals surface area contributed by atoms with Crippen molar-refractivity contribution in [2.45, 2.75) is 144 Å². The van der Waals surface area contributed by atoms with Gasteiger partial charge in [-0.15, -0.1) is 0 Å². The number of aliphatic hydroxyl groups is 1. The molecule has 0 bridgehead atoms. The van der Waals surface area contributed by atoms with Gasteiger partial charge in [-0.2, -0.15) is 11.8 Å². The maximum Gasteiger partial charge on any atom is 0.408 e. The number of rotatable bonds is 22. The zero-order valence-electron chi connectivity index (χ0n) is 34.8. The summed E-state index contributed by atoms with van der Waals surface area (Å²) in [5.74, 6) is -3.04. The van der Waals surface area contributed by atoms with Gasteiger partial charge in [0.15, 0.2) is 0 Å². The van der Waals surface area contributed by atoms with E-state index < -0.39 is 78.1 Å². The lowest BCUT2D eigenvalue weighted by Crippen LogP contribution is -2.58. The summed E-state index contributed by atoms with van der Waals surface area (Å²) < 4.78 is 5.33. The molecule has 0 aliphatic rings. The number of hydrogen-bond acceptors (Lipinski definition) is 10. The molecule has 0 aliphatic heterocycles. The predicted molar refractivity (Wildman–Crippen MR) is 215 cm³/mol. The van der Waals surface area contributed by atoms with E-state index in [-0.39, 0.29) is 42.5 Å². The highest BCUT2D eigenvalue weighted by Crippen LogP contribution is 2.15. The van der Waals surface area contributed by atoms with Crippen molar-refractivity contribution in [2.75, 3.05) is 12.0 Å². The third-order valence-corrected chi connectivity index (χ3v) is 9.15. The van der Waals surface area contributed by atoms with Crippen LogP contribution in [0.1, 0.15) is 101 Å². The second-order valence-electron chi connectivity index (χ2n) is 16.3. The van der Waals surface area contributed by atoms with Crippen LogP contribution in [0.4, 0.5) is 4.79 Å². The number of alkyl carbamates (subject to hydrolysis) is 1. The van der Waals surface area contributed by atoms with Gasteiger partial charge < -0.3 is 41.7 Å². The van der Waals surface area contributed by atoms with Crippen LogP contribution in [0.5, 0.6) is 0 Å². The Kier molecular flexibility index (Phi) is 21.3. The molecule has 16 heteroatoms. The van der Waals surface area contributed by atoms with Crippen LogP contribution < -0.4 is 31.9 Å². The van der Waals surface area contributed by atoms with Gasteiger partial charge in [0.05, 0.1) is 18.6 Å². The zero-order chi connectivity index (χ0) is 42.0. The maximum atomic E-state index is 13.7. The first kappa shape index (κ1) is 49.1. The molecular formula is C39H67N7O8S. The van der Waals surface area contributed by atoms with E-state index >= 15 is 0 Å². The second-order valence-corrected chi connectivity index (χ2v) is 17.3. The van der Waals surface area contributed by atoms with E-state index in [0.717, 1.165) is 5.56 Å². The van der Waals surface area contributed by atoms with Crippen LogP contribution in [0.15, 0.2) is 24.5 Å². The Morgan fingerprint density at radius 3 is 1.78 bits per heavy atom. The number of aliphatic hydroxyl groups excluding tert-OH is 1.